The summed E-state index contributed by atoms with van der Waals surface area (Å²) in [6.45, 7) is 6.98. The number of thiol groups is 1. The quantitative estimate of drug-likeness (QED) is 0.379. The molecule has 0 saturated carbocycles. The van der Waals surface area contributed by atoms with E-state index >= 15 is 0 Å². The molecule has 0 aliphatic rings. The van der Waals surface area contributed by atoms with Crippen LogP contribution < -0.4 is 0 Å². The number of aliphatic hydroxyl groups is 1. The van der Waals surface area contributed by atoms with Gasteiger partial charge in [0.25, 0.3) is 0 Å². The summed E-state index contributed by atoms with van der Waals surface area (Å²) >= 11 is 4.13. The van der Waals surface area contributed by atoms with Crippen molar-refractivity contribution in [3.05, 3.63) is 24.8 Å². The van der Waals surface area contributed by atoms with Crippen molar-refractivity contribution in [2.45, 2.75) is 24.7 Å². The Hall–Kier alpha value is -0.650. The van der Waals surface area contributed by atoms with Crippen LogP contribution in [0.15, 0.2) is 24.8 Å². The van der Waals surface area contributed by atoms with Crippen molar-refractivity contribution in [3.8, 4) is 11.8 Å². The first kappa shape index (κ1) is 11.4. The van der Waals surface area contributed by atoms with Crippen LogP contribution in [0.4, 0.5) is 0 Å². The average Bonchev–Trinajstić information content (AvgIpc) is 1.98. The molecule has 12 heavy (non-hydrogen) atoms. The van der Waals surface area contributed by atoms with Crippen LogP contribution in [0.2, 0.25) is 0 Å². The number of rotatable bonds is 2. The van der Waals surface area contributed by atoms with Crippen LogP contribution >= 0.6 is 12.6 Å². The Morgan fingerprint density at radius 3 is 2.67 bits per heavy atom. The molecule has 0 amide bonds. The fourth-order valence-electron chi connectivity index (χ4n) is 0.426. The Labute approximate surface area is 79.6 Å². The van der Waals surface area contributed by atoms with Crippen molar-refractivity contribution in [3.63, 3.8) is 0 Å². The molecule has 0 spiro atoms. The smallest absolute Gasteiger partial charge is 0.141 e. The fourth-order valence-corrected chi connectivity index (χ4v) is 0.512. The molecule has 2 heteroatoms. The fraction of sp³-hybridized carbons (Fsp3) is 0.400. The molecular formula is C10H14OS. The van der Waals surface area contributed by atoms with Gasteiger partial charge in [0.2, 0.25) is 0 Å². The van der Waals surface area contributed by atoms with Crippen molar-refractivity contribution in [2.24, 2.45) is 0 Å². The molecule has 0 radical (unpaired) electrons. The summed E-state index contributed by atoms with van der Waals surface area (Å²) in [5.74, 6) is 5.34. The molecular weight excluding hydrogens is 168 g/mol. The zero-order chi connectivity index (χ0) is 9.61. The van der Waals surface area contributed by atoms with E-state index in [4.69, 9.17) is 0 Å². The van der Waals surface area contributed by atoms with Gasteiger partial charge < -0.3 is 5.11 Å². The van der Waals surface area contributed by atoms with Crippen molar-refractivity contribution in [1.29, 1.82) is 0 Å². The predicted molar refractivity (Wildman–Crippen MR) is 56.2 cm³/mol. The second-order valence-corrected chi connectivity index (χ2v) is 3.54. The number of hydrogen-bond donors (Lipinski definition) is 2. The van der Waals surface area contributed by atoms with Gasteiger partial charge in [0.1, 0.15) is 5.60 Å². The van der Waals surface area contributed by atoms with Gasteiger partial charge in [-0.1, -0.05) is 24.5 Å². The van der Waals surface area contributed by atoms with Crippen molar-refractivity contribution >= 4 is 12.6 Å². The SMILES string of the molecule is C=CC(C)(O)C#C/C=C/C(C)S. The van der Waals surface area contributed by atoms with E-state index in [1.54, 1.807) is 13.0 Å². The van der Waals surface area contributed by atoms with E-state index in [1.807, 2.05) is 13.0 Å². The molecule has 0 aromatic heterocycles. The first-order valence-electron chi connectivity index (χ1n) is 3.71. The molecule has 0 aromatic carbocycles. The topological polar surface area (TPSA) is 20.2 Å². The molecule has 2 unspecified atom stereocenters. The molecule has 0 rings (SSSR count). The summed E-state index contributed by atoms with van der Waals surface area (Å²) in [4.78, 5) is 0. The number of allylic oxidation sites excluding steroid dienone is 1. The Morgan fingerprint density at radius 1 is 1.67 bits per heavy atom. The highest BCUT2D eigenvalue weighted by atomic mass is 32.1. The lowest BCUT2D eigenvalue weighted by atomic mass is 10.1. The van der Waals surface area contributed by atoms with Gasteiger partial charge in [0.05, 0.1) is 0 Å². The van der Waals surface area contributed by atoms with Crippen LogP contribution in [-0.4, -0.2) is 16.0 Å². The van der Waals surface area contributed by atoms with E-state index < -0.39 is 5.60 Å². The first-order chi connectivity index (χ1) is 5.48. The highest BCUT2D eigenvalue weighted by Gasteiger charge is 2.08. The maximum atomic E-state index is 9.34. The van der Waals surface area contributed by atoms with Gasteiger partial charge in [-0.25, -0.2) is 0 Å². The summed E-state index contributed by atoms with van der Waals surface area (Å²) in [6, 6.07) is 0. The van der Waals surface area contributed by atoms with Gasteiger partial charge in [0.15, 0.2) is 0 Å². The van der Waals surface area contributed by atoms with Crippen LogP contribution in [-0.2, 0) is 0 Å². The lowest BCUT2D eigenvalue weighted by molar-refractivity contribution is 0.175. The zero-order valence-electron chi connectivity index (χ0n) is 7.41. The lowest BCUT2D eigenvalue weighted by Crippen LogP contribution is -2.16. The van der Waals surface area contributed by atoms with E-state index in [2.05, 4.69) is 31.0 Å². The van der Waals surface area contributed by atoms with E-state index in [-0.39, 0.29) is 5.25 Å². The summed E-state index contributed by atoms with van der Waals surface area (Å²) < 4.78 is 0. The van der Waals surface area contributed by atoms with Crippen molar-refractivity contribution in [1.82, 2.24) is 0 Å². The van der Waals surface area contributed by atoms with Crippen molar-refractivity contribution in [2.75, 3.05) is 0 Å². The minimum absolute atomic E-state index is 0.188. The second-order valence-electron chi connectivity index (χ2n) is 2.72. The van der Waals surface area contributed by atoms with E-state index in [1.165, 1.54) is 6.08 Å². The molecule has 2 atom stereocenters. The van der Waals surface area contributed by atoms with Gasteiger partial charge in [-0.15, -0.1) is 0 Å². The molecule has 0 aliphatic heterocycles. The Balaban J connectivity index is 4.13. The third-order valence-corrected chi connectivity index (χ3v) is 1.35. The summed E-state index contributed by atoms with van der Waals surface area (Å²) in [5.41, 5.74) is -1.09. The largest absolute Gasteiger partial charge is 0.374 e. The zero-order valence-corrected chi connectivity index (χ0v) is 8.31. The van der Waals surface area contributed by atoms with Crippen LogP contribution in [0.5, 0.6) is 0 Å². The third kappa shape index (κ3) is 6.09. The average molecular weight is 182 g/mol. The maximum absolute atomic E-state index is 9.34. The summed E-state index contributed by atoms with van der Waals surface area (Å²) in [6.07, 6.45) is 4.92. The highest BCUT2D eigenvalue weighted by molar-refractivity contribution is 7.81. The van der Waals surface area contributed by atoms with E-state index in [9.17, 15) is 5.11 Å². The van der Waals surface area contributed by atoms with Gasteiger partial charge in [0, 0.05) is 5.25 Å². The van der Waals surface area contributed by atoms with Crippen LogP contribution in [0, 0.1) is 11.8 Å². The second kappa shape index (κ2) is 5.08. The minimum atomic E-state index is -1.09. The highest BCUT2D eigenvalue weighted by Crippen LogP contribution is 2.00. The molecule has 0 saturated heterocycles. The van der Waals surface area contributed by atoms with Crippen molar-refractivity contribution < 1.29 is 5.11 Å². The number of hydrogen-bond acceptors (Lipinski definition) is 2. The maximum Gasteiger partial charge on any atom is 0.141 e. The van der Waals surface area contributed by atoms with E-state index in [0.29, 0.717) is 0 Å². The minimum Gasteiger partial charge on any atom is -0.374 e. The molecule has 0 heterocycles. The molecule has 1 nitrogen and oxygen atoms in total. The molecule has 66 valence electrons. The molecule has 0 fully saturated rings. The van der Waals surface area contributed by atoms with Crippen LogP contribution in [0.3, 0.4) is 0 Å². The van der Waals surface area contributed by atoms with Crippen LogP contribution in [0.1, 0.15) is 13.8 Å². The third-order valence-electron chi connectivity index (χ3n) is 1.18. The molecule has 0 bridgehead atoms. The first-order valence-corrected chi connectivity index (χ1v) is 4.23. The summed E-state index contributed by atoms with van der Waals surface area (Å²) in [7, 11) is 0. The van der Waals surface area contributed by atoms with Crippen LogP contribution in [0.25, 0.3) is 0 Å². The van der Waals surface area contributed by atoms with Gasteiger partial charge in [-0.3, -0.25) is 0 Å². The lowest BCUT2D eigenvalue weighted by Gasteiger charge is -2.07. The Morgan fingerprint density at radius 2 is 2.25 bits per heavy atom. The Bertz CT molecular complexity index is 228. The molecule has 0 aliphatic carbocycles. The van der Waals surface area contributed by atoms with Gasteiger partial charge in [-0.05, 0) is 26.0 Å². The van der Waals surface area contributed by atoms with Gasteiger partial charge in [-0.2, -0.15) is 12.6 Å². The summed E-state index contributed by atoms with van der Waals surface area (Å²) in [5, 5.41) is 9.53. The Kier molecular flexibility index (Phi) is 4.80. The van der Waals surface area contributed by atoms with Gasteiger partial charge >= 0.3 is 0 Å². The standard InChI is InChI=1S/C10H14OS/c1-4-10(3,11)8-6-5-7-9(2)12/h4-5,7,9,11-12H,1H2,2-3H3/b7-5+. The monoisotopic (exact) mass is 182 g/mol. The predicted octanol–water partition coefficient (Wildman–Crippen LogP) is 1.80. The van der Waals surface area contributed by atoms with E-state index in [0.717, 1.165) is 0 Å². The molecule has 0 aromatic rings. The normalized spacial score (nSPS) is 17.7. The molecule has 1 N–H and O–H groups in total.